The summed E-state index contributed by atoms with van der Waals surface area (Å²) >= 11 is 1.73. The summed E-state index contributed by atoms with van der Waals surface area (Å²) in [5.41, 5.74) is 4.78. The fourth-order valence-corrected chi connectivity index (χ4v) is 4.00. The zero-order valence-electron chi connectivity index (χ0n) is 16.8. The molecule has 1 aromatic heterocycles. The molecule has 4 rings (SSSR count). The van der Waals surface area contributed by atoms with Crippen LogP contribution in [0.3, 0.4) is 0 Å². The van der Waals surface area contributed by atoms with Crippen LogP contribution in [-0.4, -0.2) is 35.6 Å². The van der Waals surface area contributed by atoms with Gasteiger partial charge in [0.1, 0.15) is 11.6 Å². The van der Waals surface area contributed by atoms with Gasteiger partial charge in [0.05, 0.1) is 11.8 Å². The minimum Gasteiger partial charge on any atom is -0.507 e. The first-order valence-electron chi connectivity index (χ1n) is 9.94. The molecule has 1 fully saturated rings. The van der Waals surface area contributed by atoms with E-state index < -0.39 is 0 Å². The molecule has 0 spiro atoms. The molecule has 0 radical (unpaired) electrons. The lowest BCUT2D eigenvalue weighted by Crippen LogP contribution is -2.19. The largest absolute Gasteiger partial charge is 0.507 e. The van der Waals surface area contributed by atoms with E-state index in [2.05, 4.69) is 41.9 Å². The van der Waals surface area contributed by atoms with Crippen LogP contribution in [0.4, 0.5) is 5.82 Å². The van der Waals surface area contributed by atoms with Crippen molar-refractivity contribution < 1.29 is 9.84 Å². The van der Waals surface area contributed by atoms with Crippen molar-refractivity contribution in [2.24, 2.45) is 0 Å². The van der Waals surface area contributed by atoms with Crippen molar-refractivity contribution in [2.45, 2.75) is 30.8 Å². The molecule has 0 saturated carbocycles. The molecule has 0 bridgehead atoms. The van der Waals surface area contributed by atoms with Crippen LogP contribution in [0.2, 0.25) is 0 Å². The number of phenols is 1. The molecule has 2 N–H and O–H groups in total. The maximum Gasteiger partial charge on any atom is 0.127 e. The van der Waals surface area contributed by atoms with Crippen LogP contribution < -0.4 is 5.32 Å². The summed E-state index contributed by atoms with van der Waals surface area (Å²) in [5.74, 6) is 1.03. The summed E-state index contributed by atoms with van der Waals surface area (Å²) in [6.07, 6.45) is 4.50. The Bertz CT molecular complexity index is 983. The summed E-state index contributed by atoms with van der Waals surface area (Å²) in [6.45, 7) is 3.59. The Kier molecular flexibility index (Phi) is 6.07. The molecule has 1 aliphatic rings. The van der Waals surface area contributed by atoms with Gasteiger partial charge in [-0.2, -0.15) is 0 Å². The lowest BCUT2D eigenvalue weighted by Gasteiger charge is -2.15. The second-order valence-corrected chi connectivity index (χ2v) is 8.27. The van der Waals surface area contributed by atoms with E-state index in [1.807, 2.05) is 25.1 Å². The zero-order chi connectivity index (χ0) is 20.2. The van der Waals surface area contributed by atoms with Gasteiger partial charge < -0.3 is 15.2 Å². The first kappa shape index (κ1) is 19.8. The Balaban J connectivity index is 1.72. The minimum absolute atomic E-state index is 0.233. The first-order chi connectivity index (χ1) is 14.1. The second kappa shape index (κ2) is 8.89. The van der Waals surface area contributed by atoms with Gasteiger partial charge >= 0.3 is 0 Å². The van der Waals surface area contributed by atoms with Crippen LogP contribution in [0.1, 0.15) is 18.4 Å². The molecule has 29 heavy (non-hydrogen) atoms. The Hall–Kier alpha value is -2.50. The third-order valence-corrected chi connectivity index (χ3v) is 5.96. The van der Waals surface area contributed by atoms with Crippen LogP contribution >= 0.6 is 11.8 Å². The third-order valence-electron chi connectivity index (χ3n) is 5.21. The second-order valence-electron chi connectivity index (χ2n) is 7.39. The number of aromatic nitrogens is 1. The third kappa shape index (κ3) is 4.74. The van der Waals surface area contributed by atoms with E-state index in [-0.39, 0.29) is 11.9 Å². The summed E-state index contributed by atoms with van der Waals surface area (Å²) in [6, 6.07) is 18.2. The minimum atomic E-state index is 0.233. The van der Waals surface area contributed by atoms with Gasteiger partial charge in [0.2, 0.25) is 0 Å². The molecule has 150 valence electrons. The maximum atomic E-state index is 10.4. The fourth-order valence-electron chi connectivity index (χ4n) is 3.59. The van der Waals surface area contributed by atoms with Crippen molar-refractivity contribution in [3.05, 3.63) is 60.2 Å². The first-order valence-corrected chi connectivity index (χ1v) is 11.2. The number of hydrogen-bond donors (Lipinski definition) is 2. The number of nitrogens with one attached hydrogen (secondary N) is 1. The average Bonchev–Trinajstić information content (AvgIpc) is 3.27. The van der Waals surface area contributed by atoms with Gasteiger partial charge in [-0.3, -0.25) is 0 Å². The average molecular weight is 407 g/mol. The Morgan fingerprint density at radius 3 is 2.66 bits per heavy atom. The topological polar surface area (TPSA) is 54.4 Å². The van der Waals surface area contributed by atoms with E-state index in [0.717, 1.165) is 59.8 Å². The summed E-state index contributed by atoms with van der Waals surface area (Å²) in [7, 11) is 0. The van der Waals surface area contributed by atoms with Crippen molar-refractivity contribution in [1.29, 1.82) is 0 Å². The van der Waals surface area contributed by atoms with E-state index in [4.69, 9.17) is 9.72 Å². The number of hydrogen-bond acceptors (Lipinski definition) is 5. The molecule has 3 aromatic rings. The molecule has 0 aliphatic carbocycles. The highest BCUT2D eigenvalue weighted by atomic mass is 32.2. The van der Waals surface area contributed by atoms with Gasteiger partial charge in [0.25, 0.3) is 0 Å². The fraction of sp³-hybridized carbons (Fsp3) is 0.292. The highest BCUT2D eigenvalue weighted by Crippen LogP contribution is 2.33. The predicted molar refractivity (Wildman–Crippen MR) is 121 cm³/mol. The molecule has 4 nitrogen and oxygen atoms in total. The Labute approximate surface area is 176 Å². The van der Waals surface area contributed by atoms with E-state index in [1.165, 1.54) is 4.90 Å². The lowest BCUT2D eigenvalue weighted by molar-refractivity contribution is 0.120. The lowest BCUT2D eigenvalue weighted by atomic mass is 10.0. The number of thioether (sulfide) groups is 1. The molecule has 1 atom stereocenters. The molecule has 2 heterocycles. The van der Waals surface area contributed by atoms with Crippen LogP contribution in [0.15, 0.2) is 59.5 Å². The van der Waals surface area contributed by atoms with Gasteiger partial charge in [-0.15, -0.1) is 11.8 Å². The zero-order valence-corrected chi connectivity index (χ0v) is 17.6. The van der Waals surface area contributed by atoms with Gasteiger partial charge in [-0.1, -0.05) is 23.8 Å². The molecule has 5 heteroatoms. The number of nitrogens with zero attached hydrogens (tertiary/aromatic N) is 1. The number of anilines is 1. The van der Waals surface area contributed by atoms with Crippen molar-refractivity contribution in [3.63, 3.8) is 0 Å². The number of phenolic OH excluding ortho intramolecular Hbond substituents is 1. The number of benzene rings is 2. The monoisotopic (exact) mass is 406 g/mol. The van der Waals surface area contributed by atoms with Gasteiger partial charge in [-0.05, 0) is 73.5 Å². The number of rotatable bonds is 6. The van der Waals surface area contributed by atoms with Crippen molar-refractivity contribution >= 4 is 17.6 Å². The summed E-state index contributed by atoms with van der Waals surface area (Å²) in [4.78, 5) is 6.03. The van der Waals surface area contributed by atoms with Gasteiger partial charge in [-0.25, -0.2) is 4.98 Å². The van der Waals surface area contributed by atoms with E-state index in [1.54, 1.807) is 17.8 Å². The van der Waals surface area contributed by atoms with E-state index >= 15 is 0 Å². The summed E-state index contributed by atoms with van der Waals surface area (Å²) in [5, 5.41) is 13.9. The number of ether oxygens (including phenoxy) is 1. The van der Waals surface area contributed by atoms with E-state index in [9.17, 15) is 5.11 Å². The van der Waals surface area contributed by atoms with Gasteiger partial charge in [0, 0.05) is 23.6 Å². The molecule has 1 aliphatic heterocycles. The summed E-state index contributed by atoms with van der Waals surface area (Å²) < 4.78 is 5.73. The van der Waals surface area contributed by atoms with Crippen LogP contribution in [0.25, 0.3) is 22.4 Å². The normalized spacial score (nSPS) is 16.1. The Morgan fingerprint density at radius 1 is 1.10 bits per heavy atom. The SMILES string of the molecule is CSc1ccc(-c2cc(NCC3CCCO3)nc(-c3cc(C)ccc3O)c2)cc1. The van der Waals surface area contributed by atoms with Crippen LogP contribution in [0, 0.1) is 6.92 Å². The predicted octanol–water partition coefficient (Wildman–Crippen LogP) is 5.74. The van der Waals surface area contributed by atoms with Crippen molar-refractivity contribution in [2.75, 3.05) is 24.7 Å². The number of aromatic hydroxyl groups is 1. The number of aryl methyl sites for hydroxylation is 1. The number of pyridine rings is 1. The van der Waals surface area contributed by atoms with Gasteiger partial charge in [0.15, 0.2) is 0 Å². The Morgan fingerprint density at radius 2 is 1.93 bits per heavy atom. The van der Waals surface area contributed by atoms with Crippen LogP contribution in [-0.2, 0) is 4.74 Å². The quantitative estimate of drug-likeness (QED) is 0.511. The molecule has 1 saturated heterocycles. The van der Waals surface area contributed by atoms with Crippen molar-refractivity contribution in [3.8, 4) is 28.1 Å². The molecule has 1 unspecified atom stereocenters. The molecular formula is C24H26N2O2S. The highest BCUT2D eigenvalue weighted by Gasteiger charge is 2.16. The molecular weight excluding hydrogens is 380 g/mol. The maximum absolute atomic E-state index is 10.4. The smallest absolute Gasteiger partial charge is 0.127 e. The standard InChI is InChI=1S/C24H26N2O2S/c1-16-5-10-23(27)21(12-16)22-13-18(17-6-8-20(29-2)9-7-17)14-24(26-22)25-15-19-4-3-11-28-19/h5-10,12-14,19,27H,3-4,11,15H2,1-2H3,(H,25,26). The van der Waals surface area contributed by atoms with Crippen molar-refractivity contribution in [1.82, 2.24) is 4.98 Å². The van der Waals surface area contributed by atoms with E-state index in [0.29, 0.717) is 0 Å². The highest BCUT2D eigenvalue weighted by molar-refractivity contribution is 7.98. The molecule has 0 amide bonds. The molecule has 2 aromatic carbocycles. The van der Waals surface area contributed by atoms with Crippen LogP contribution in [0.5, 0.6) is 5.75 Å².